The number of rotatable bonds is 0. The van der Waals surface area contributed by atoms with Crippen molar-refractivity contribution in [1.29, 1.82) is 15.9 Å². The highest BCUT2D eigenvalue weighted by molar-refractivity contribution is 6.21. The lowest BCUT2D eigenvalue weighted by Gasteiger charge is -2.58. The number of nitrogens with two attached hydrogens (primary N) is 1. The van der Waals surface area contributed by atoms with Gasteiger partial charge >= 0.3 is 0 Å². The highest BCUT2D eigenvalue weighted by Gasteiger charge is 2.68. The fourth-order valence-corrected chi connectivity index (χ4v) is 8.09. The second-order valence-corrected chi connectivity index (χ2v) is 11.5. The van der Waals surface area contributed by atoms with Crippen molar-refractivity contribution in [3.63, 3.8) is 0 Å². The van der Waals surface area contributed by atoms with Gasteiger partial charge in [-0.25, -0.2) is 0 Å². The number of Topliss-reactive ketones (excluding diaryl/α,β-unsaturated/α-hetero) is 1. The number of likely N-dealkylation sites (N-methyl/N-ethyl adjacent to an activating group) is 1. The Morgan fingerprint density at radius 3 is 2.45 bits per heavy atom. The van der Waals surface area contributed by atoms with Crippen LogP contribution in [0.2, 0.25) is 0 Å². The van der Waals surface area contributed by atoms with Gasteiger partial charge in [0, 0.05) is 40.9 Å². The highest BCUT2D eigenvalue weighted by Crippen LogP contribution is 2.65. The molecule has 3 N–H and O–H groups in total. The van der Waals surface area contributed by atoms with E-state index in [-0.39, 0.29) is 17.4 Å². The molecule has 0 bridgehead atoms. The van der Waals surface area contributed by atoms with E-state index in [0.717, 1.165) is 40.6 Å². The first-order chi connectivity index (χ1) is 18.3. The first-order valence-corrected chi connectivity index (χ1v) is 13.0. The third kappa shape index (κ3) is 2.37. The number of allylic oxidation sites excluding steroid dienone is 1. The van der Waals surface area contributed by atoms with Crippen molar-refractivity contribution in [3.8, 4) is 12.1 Å². The molecule has 8 heteroatoms. The van der Waals surface area contributed by atoms with Crippen LogP contribution in [0, 0.1) is 44.8 Å². The lowest BCUT2D eigenvalue weighted by atomic mass is 9.48. The number of nitrogens with zero attached hydrogens (tertiary/aromatic N) is 4. The van der Waals surface area contributed by atoms with Gasteiger partial charge in [-0.05, 0) is 56.6 Å². The van der Waals surface area contributed by atoms with Gasteiger partial charge in [-0.2, -0.15) is 10.5 Å². The van der Waals surface area contributed by atoms with Crippen molar-refractivity contribution in [2.75, 3.05) is 40.3 Å². The van der Waals surface area contributed by atoms with E-state index in [1.54, 1.807) is 0 Å². The number of likely N-dealkylation sites (tertiary alicyclic amines) is 1. The third-order valence-electron chi connectivity index (χ3n) is 9.88. The predicted molar refractivity (Wildman–Crippen MR) is 141 cm³/mol. The Morgan fingerprint density at radius 2 is 1.76 bits per heavy atom. The minimum absolute atomic E-state index is 0.0985. The van der Waals surface area contributed by atoms with Crippen LogP contribution in [-0.4, -0.2) is 61.8 Å². The molecule has 3 aliphatic heterocycles. The fourth-order valence-electron chi connectivity index (χ4n) is 8.09. The van der Waals surface area contributed by atoms with Crippen molar-refractivity contribution in [3.05, 3.63) is 69.9 Å². The highest BCUT2D eigenvalue weighted by atomic mass is 16.5. The summed E-state index contributed by atoms with van der Waals surface area (Å²) in [6, 6.07) is 16.2. The monoisotopic (exact) mass is 504 g/mol. The second-order valence-electron chi connectivity index (χ2n) is 11.5. The number of hydrogen-bond acceptors (Lipinski definition) is 8. The van der Waals surface area contributed by atoms with Crippen LogP contribution in [0.3, 0.4) is 0 Å². The largest absolute Gasteiger partial charge is 0.457 e. The molecule has 2 fully saturated rings. The number of nitriles is 2. The Hall–Kier alpha value is -3.98. The Bertz CT molecular complexity index is 1610. The maximum Gasteiger partial charge on any atom is 0.216 e. The standard InChI is InChI=1S/C30H28N6O2/c1-35-11-9-28(10-12-35)20-13-36(2)14-21-23(20)24(25(33)29(28,15-31)16-32)27(34)38-30(21)19-8-4-6-17-5-3-7-18(22(17)19)26(30)37/h3-8,21,34H,9-14,33H2,1-2H3/t21?,30-/m1/s1. The number of carbonyl (C=O) groups excluding carboxylic acids is 1. The van der Waals surface area contributed by atoms with Crippen molar-refractivity contribution in [1.82, 2.24) is 9.80 Å². The molecule has 5 aliphatic rings. The van der Waals surface area contributed by atoms with Crippen LogP contribution in [0.5, 0.6) is 0 Å². The van der Waals surface area contributed by atoms with Gasteiger partial charge in [-0.3, -0.25) is 10.2 Å². The molecule has 0 amide bonds. The Morgan fingerprint density at radius 1 is 1.08 bits per heavy atom. The zero-order valence-electron chi connectivity index (χ0n) is 21.5. The number of ether oxygens (including phenoxy) is 1. The molecule has 2 spiro atoms. The number of carbonyl (C=O) groups is 1. The molecule has 2 saturated heterocycles. The predicted octanol–water partition coefficient (Wildman–Crippen LogP) is 3.07. The SMILES string of the molecule is CN1CCC2(CC1)C1=C3C(=C(N)C2(C#N)C#N)C(=N)O[C@@]2(C(=O)c4cccc5cccc2c45)C3CN(C)C1. The molecule has 0 radical (unpaired) electrons. The maximum atomic E-state index is 14.4. The molecule has 2 aliphatic carbocycles. The smallest absolute Gasteiger partial charge is 0.216 e. The van der Waals surface area contributed by atoms with E-state index in [9.17, 15) is 15.3 Å². The lowest BCUT2D eigenvalue weighted by molar-refractivity contribution is -0.00848. The van der Waals surface area contributed by atoms with Crippen molar-refractivity contribution >= 4 is 22.5 Å². The summed E-state index contributed by atoms with van der Waals surface area (Å²) in [5.41, 5.74) is 6.63. The zero-order valence-corrected chi connectivity index (χ0v) is 21.5. The van der Waals surface area contributed by atoms with Crippen molar-refractivity contribution in [2.24, 2.45) is 22.5 Å². The van der Waals surface area contributed by atoms with E-state index >= 15 is 0 Å². The van der Waals surface area contributed by atoms with Crippen LogP contribution in [0.15, 0.2) is 58.8 Å². The van der Waals surface area contributed by atoms with E-state index < -0.39 is 22.3 Å². The number of benzene rings is 2. The first kappa shape index (κ1) is 23.2. The summed E-state index contributed by atoms with van der Waals surface area (Å²) in [5.74, 6) is -0.809. The van der Waals surface area contributed by atoms with Gasteiger partial charge in [0.15, 0.2) is 5.41 Å². The van der Waals surface area contributed by atoms with Gasteiger partial charge in [0.2, 0.25) is 17.3 Å². The minimum atomic E-state index is -1.62. The normalized spacial score (nSPS) is 29.4. The Kier molecular flexibility index (Phi) is 4.46. The molecule has 1 unspecified atom stereocenters. The van der Waals surface area contributed by atoms with Crippen LogP contribution in [0.25, 0.3) is 10.8 Å². The van der Waals surface area contributed by atoms with Gasteiger partial charge in [0.05, 0.1) is 23.4 Å². The van der Waals surface area contributed by atoms with Gasteiger partial charge in [-0.15, -0.1) is 0 Å². The second kappa shape index (κ2) is 7.32. The zero-order chi connectivity index (χ0) is 26.6. The molecule has 190 valence electrons. The van der Waals surface area contributed by atoms with Crippen LogP contribution in [0.4, 0.5) is 0 Å². The first-order valence-electron chi connectivity index (χ1n) is 13.0. The molecule has 0 aromatic heterocycles. The molecule has 38 heavy (non-hydrogen) atoms. The molecule has 2 aromatic rings. The van der Waals surface area contributed by atoms with E-state index in [2.05, 4.69) is 21.9 Å². The number of ketones is 1. The van der Waals surface area contributed by atoms with Gasteiger partial charge in [-0.1, -0.05) is 36.4 Å². The Balaban J connectivity index is 1.57. The summed E-state index contributed by atoms with van der Waals surface area (Å²) >= 11 is 0. The quantitative estimate of drug-likeness (QED) is 0.564. The number of fused-ring (bicyclic) bond motifs is 3. The van der Waals surface area contributed by atoms with Crippen LogP contribution in [0.1, 0.15) is 28.8 Å². The van der Waals surface area contributed by atoms with E-state index in [1.165, 1.54) is 0 Å². The topological polar surface area (TPSA) is 130 Å². The van der Waals surface area contributed by atoms with Gasteiger partial charge in [0.25, 0.3) is 0 Å². The van der Waals surface area contributed by atoms with Gasteiger partial charge < -0.3 is 20.3 Å². The molecule has 8 nitrogen and oxygen atoms in total. The average Bonchev–Trinajstić information content (AvgIpc) is 3.15. The van der Waals surface area contributed by atoms with E-state index in [4.69, 9.17) is 15.9 Å². The molecular weight excluding hydrogens is 476 g/mol. The molecule has 2 aromatic carbocycles. The maximum absolute atomic E-state index is 14.4. The number of hydrogen-bond donors (Lipinski definition) is 2. The lowest BCUT2D eigenvalue weighted by Crippen LogP contribution is -2.62. The van der Waals surface area contributed by atoms with Crippen molar-refractivity contribution in [2.45, 2.75) is 18.4 Å². The third-order valence-corrected chi connectivity index (χ3v) is 9.88. The summed E-state index contributed by atoms with van der Waals surface area (Å²) in [4.78, 5) is 18.8. The van der Waals surface area contributed by atoms with Crippen LogP contribution >= 0.6 is 0 Å². The minimum Gasteiger partial charge on any atom is -0.457 e. The molecule has 3 heterocycles. The fraction of sp³-hybridized carbons (Fsp3) is 0.400. The van der Waals surface area contributed by atoms with Crippen LogP contribution in [-0.2, 0) is 10.3 Å². The Labute approximate surface area is 221 Å². The molecular formula is C30H28N6O2. The molecule has 7 rings (SSSR count). The van der Waals surface area contributed by atoms with Crippen molar-refractivity contribution < 1.29 is 9.53 Å². The van der Waals surface area contributed by atoms with E-state index in [1.807, 2.05) is 50.5 Å². The summed E-state index contributed by atoms with van der Waals surface area (Å²) in [6.07, 6.45) is 1.20. The molecule has 2 atom stereocenters. The van der Waals surface area contributed by atoms with E-state index in [0.29, 0.717) is 37.1 Å². The van der Waals surface area contributed by atoms with Gasteiger partial charge in [0.1, 0.15) is 0 Å². The summed E-state index contributed by atoms with van der Waals surface area (Å²) in [5, 5.41) is 32.2. The summed E-state index contributed by atoms with van der Waals surface area (Å²) in [7, 11) is 4.05. The summed E-state index contributed by atoms with van der Waals surface area (Å²) in [6.45, 7) is 2.52. The van der Waals surface area contributed by atoms with Crippen LogP contribution < -0.4 is 5.73 Å². The molecule has 0 saturated carbocycles. The summed E-state index contributed by atoms with van der Waals surface area (Å²) < 4.78 is 6.48. The number of piperidine rings is 1. The number of nitrogens with one attached hydrogen (secondary N) is 1. The average molecular weight is 505 g/mol.